The lowest BCUT2D eigenvalue weighted by atomic mass is 9.99. The van der Waals surface area contributed by atoms with Gasteiger partial charge >= 0.3 is 0 Å². The molecule has 0 spiro atoms. The fourth-order valence-corrected chi connectivity index (χ4v) is 4.64. The van der Waals surface area contributed by atoms with E-state index in [1.54, 1.807) is 6.20 Å². The molecule has 3 aromatic rings. The van der Waals surface area contributed by atoms with Gasteiger partial charge in [0, 0.05) is 29.8 Å². The Morgan fingerprint density at radius 2 is 2.09 bits per heavy atom. The molecule has 1 saturated carbocycles. The number of nitrogens with one attached hydrogen (secondary N) is 1. The highest BCUT2D eigenvalue weighted by molar-refractivity contribution is 7.99. The number of halogens is 2. The van der Waals surface area contributed by atoms with E-state index in [4.69, 9.17) is 5.73 Å². The van der Waals surface area contributed by atoms with Gasteiger partial charge in [0.25, 0.3) is 11.6 Å². The Hall–Kier alpha value is -3.16. The van der Waals surface area contributed by atoms with Gasteiger partial charge in [0.15, 0.2) is 11.6 Å². The highest BCUT2D eigenvalue weighted by atomic mass is 35.5. The van der Waals surface area contributed by atoms with Crippen LogP contribution >= 0.6 is 24.2 Å². The average molecular weight is 509 g/mol. The maximum Gasteiger partial charge on any atom is 0.270 e. The molecule has 11 nitrogen and oxygen atoms in total. The minimum Gasteiger partial charge on any atom is -0.329 e. The molecule has 0 saturated heterocycles. The zero-order valence-electron chi connectivity index (χ0n) is 17.9. The molecular formula is C20H22ClFN8O3S. The number of hydrogen-bond donors (Lipinski definition) is 2. The van der Waals surface area contributed by atoms with E-state index in [1.807, 2.05) is 0 Å². The number of tetrazole rings is 1. The summed E-state index contributed by atoms with van der Waals surface area (Å²) in [6.07, 6.45) is 5.76. The highest BCUT2D eigenvalue weighted by Gasteiger charge is 2.23. The summed E-state index contributed by atoms with van der Waals surface area (Å²) >= 11 is 1.04. The Balaban J connectivity index is 0.00000324. The third-order valence-corrected chi connectivity index (χ3v) is 6.43. The van der Waals surface area contributed by atoms with Gasteiger partial charge in [-0.1, -0.05) is 12.8 Å². The van der Waals surface area contributed by atoms with Crippen molar-refractivity contribution in [3.05, 3.63) is 57.5 Å². The lowest BCUT2D eigenvalue weighted by Gasteiger charge is -2.12. The molecule has 14 heteroatoms. The molecule has 4 rings (SSSR count). The second-order valence-electron chi connectivity index (χ2n) is 7.55. The molecule has 1 aliphatic carbocycles. The van der Waals surface area contributed by atoms with Crippen molar-refractivity contribution < 1.29 is 14.1 Å². The van der Waals surface area contributed by atoms with E-state index in [9.17, 15) is 19.3 Å². The van der Waals surface area contributed by atoms with Gasteiger partial charge < -0.3 is 11.1 Å². The van der Waals surface area contributed by atoms with E-state index in [-0.39, 0.29) is 35.4 Å². The van der Waals surface area contributed by atoms with Gasteiger partial charge in [-0.15, -0.1) is 17.5 Å². The topological polar surface area (TPSA) is 155 Å². The fourth-order valence-electron chi connectivity index (χ4n) is 3.73. The minimum atomic E-state index is -0.737. The monoisotopic (exact) mass is 508 g/mol. The van der Waals surface area contributed by atoms with Crippen LogP contribution in [0, 0.1) is 15.9 Å². The van der Waals surface area contributed by atoms with E-state index >= 15 is 0 Å². The Morgan fingerprint density at radius 1 is 1.32 bits per heavy atom. The van der Waals surface area contributed by atoms with Crippen LogP contribution in [0.5, 0.6) is 0 Å². The number of benzene rings is 1. The highest BCUT2D eigenvalue weighted by Crippen LogP contribution is 2.35. The summed E-state index contributed by atoms with van der Waals surface area (Å²) in [6.45, 7) is 0.653. The summed E-state index contributed by atoms with van der Waals surface area (Å²) in [4.78, 5) is 28.1. The first-order valence-corrected chi connectivity index (χ1v) is 11.2. The molecule has 1 aliphatic rings. The predicted molar refractivity (Wildman–Crippen MR) is 125 cm³/mol. The van der Waals surface area contributed by atoms with Crippen molar-refractivity contribution in [2.45, 2.75) is 48.2 Å². The van der Waals surface area contributed by atoms with Crippen LogP contribution in [-0.2, 0) is 6.54 Å². The molecule has 2 heterocycles. The van der Waals surface area contributed by atoms with Crippen LogP contribution in [-0.4, -0.2) is 42.6 Å². The van der Waals surface area contributed by atoms with Crippen LogP contribution in [0.25, 0.3) is 0 Å². The lowest BCUT2D eigenvalue weighted by molar-refractivity contribution is -0.384. The third-order valence-electron chi connectivity index (χ3n) is 5.38. The van der Waals surface area contributed by atoms with Crippen molar-refractivity contribution in [2.75, 3.05) is 11.9 Å². The molecule has 180 valence electrons. The predicted octanol–water partition coefficient (Wildman–Crippen LogP) is 3.56. The summed E-state index contributed by atoms with van der Waals surface area (Å²) in [5, 5.41) is 25.4. The molecule has 1 amide bonds. The molecular weight excluding hydrogens is 487 g/mol. The summed E-state index contributed by atoms with van der Waals surface area (Å²) in [6, 6.07) is 5.21. The number of aromatic nitrogens is 5. The lowest BCUT2D eigenvalue weighted by Crippen LogP contribution is -2.16. The van der Waals surface area contributed by atoms with Crippen LogP contribution in [0.4, 0.5) is 15.9 Å². The van der Waals surface area contributed by atoms with Gasteiger partial charge in [-0.2, -0.15) is 0 Å². The maximum atomic E-state index is 14.7. The van der Waals surface area contributed by atoms with E-state index < -0.39 is 16.6 Å². The Bertz CT molecular complexity index is 1190. The smallest absolute Gasteiger partial charge is 0.270 e. The van der Waals surface area contributed by atoms with Crippen molar-refractivity contribution in [3.63, 3.8) is 0 Å². The number of pyridine rings is 1. The number of non-ortho nitro benzene ring substituents is 1. The third kappa shape index (κ3) is 5.66. The second-order valence-corrected chi connectivity index (χ2v) is 8.56. The average Bonchev–Trinajstić information content (AvgIpc) is 3.48. The van der Waals surface area contributed by atoms with Crippen molar-refractivity contribution in [1.29, 1.82) is 0 Å². The van der Waals surface area contributed by atoms with Gasteiger partial charge in [-0.25, -0.2) is 14.1 Å². The summed E-state index contributed by atoms with van der Waals surface area (Å²) in [5.74, 6) is -1.36. The van der Waals surface area contributed by atoms with E-state index in [2.05, 4.69) is 25.8 Å². The summed E-state index contributed by atoms with van der Waals surface area (Å²) < 4.78 is 16.2. The molecule has 3 N–H and O–H groups in total. The molecule has 0 atom stereocenters. The number of hydrogen-bond acceptors (Lipinski definition) is 9. The fraction of sp³-hybridized carbons (Fsp3) is 0.350. The number of anilines is 1. The molecule has 0 aliphatic heterocycles. The van der Waals surface area contributed by atoms with Crippen molar-refractivity contribution in [3.8, 4) is 0 Å². The van der Waals surface area contributed by atoms with Crippen LogP contribution < -0.4 is 11.1 Å². The molecule has 0 radical (unpaired) electrons. The molecule has 1 fully saturated rings. The van der Waals surface area contributed by atoms with Crippen molar-refractivity contribution in [2.24, 2.45) is 5.73 Å². The molecule has 2 aromatic heterocycles. The number of nitrogens with zero attached hydrogens (tertiary/aromatic N) is 6. The molecule has 0 bridgehead atoms. The first kappa shape index (κ1) is 25.5. The van der Waals surface area contributed by atoms with Gasteiger partial charge in [-0.05, 0) is 58.6 Å². The normalized spacial score (nSPS) is 13.5. The van der Waals surface area contributed by atoms with Gasteiger partial charge in [-0.3, -0.25) is 14.9 Å². The van der Waals surface area contributed by atoms with E-state index in [1.165, 1.54) is 22.9 Å². The van der Waals surface area contributed by atoms with Crippen molar-refractivity contribution in [1.82, 2.24) is 25.2 Å². The molecule has 34 heavy (non-hydrogen) atoms. The summed E-state index contributed by atoms with van der Waals surface area (Å²) in [7, 11) is 0. The number of carbonyl (C=O) groups excluding carboxylic acids is 1. The zero-order valence-corrected chi connectivity index (χ0v) is 19.5. The number of nitro groups is 1. The number of nitro benzene ring substituents is 1. The van der Waals surface area contributed by atoms with E-state index in [0.717, 1.165) is 49.1 Å². The Morgan fingerprint density at radius 3 is 2.76 bits per heavy atom. The van der Waals surface area contributed by atoms with Gasteiger partial charge in [0.2, 0.25) is 5.16 Å². The zero-order chi connectivity index (χ0) is 23.4. The van der Waals surface area contributed by atoms with E-state index in [0.29, 0.717) is 23.1 Å². The van der Waals surface area contributed by atoms with Crippen LogP contribution in [0.2, 0.25) is 0 Å². The standard InChI is InChI=1S/C20H21FN8O3S.ClH/c21-16-9-13(12-3-1-2-4-12)11-23-18(16)24-19(30)15-10-14(29(31)32)5-6-17(15)33-20-25-26-27-28(20)8-7-22;/h5-6,9-12H,1-4,7-8,22H2,(H,23,24,30);1H. The number of rotatable bonds is 8. The summed E-state index contributed by atoms with van der Waals surface area (Å²) in [5.41, 5.74) is 6.05. The Labute approximate surface area is 204 Å². The van der Waals surface area contributed by atoms with Gasteiger partial charge in [0.1, 0.15) is 0 Å². The van der Waals surface area contributed by atoms with Crippen LogP contribution in [0.3, 0.4) is 0 Å². The molecule has 1 aromatic carbocycles. The molecule has 0 unspecified atom stereocenters. The number of nitrogens with two attached hydrogens (primary N) is 1. The first-order valence-electron chi connectivity index (χ1n) is 10.4. The quantitative estimate of drug-likeness (QED) is 0.343. The number of amides is 1. The first-order chi connectivity index (χ1) is 16.0. The van der Waals surface area contributed by atoms with Crippen LogP contribution in [0.15, 0.2) is 40.5 Å². The largest absolute Gasteiger partial charge is 0.329 e. The SMILES string of the molecule is Cl.NCCn1nnnc1Sc1ccc([N+](=O)[O-])cc1C(=O)Nc1ncc(C2CCCC2)cc1F. The second kappa shape index (κ2) is 11.3. The van der Waals surface area contributed by atoms with Crippen molar-refractivity contribution >= 4 is 41.6 Å². The van der Waals surface area contributed by atoms with Gasteiger partial charge in [0.05, 0.1) is 17.0 Å². The minimum absolute atomic E-state index is 0. The Kier molecular flexibility index (Phi) is 8.47. The maximum absolute atomic E-state index is 14.7. The van der Waals surface area contributed by atoms with Crippen LogP contribution in [0.1, 0.15) is 47.5 Å². The number of carbonyl (C=O) groups is 1.